The fourth-order valence-electron chi connectivity index (χ4n) is 2.98. The first kappa shape index (κ1) is 16.3. The zero-order chi connectivity index (χ0) is 16.2. The van der Waals surface area contributed by atoms with E-state index >= 15 is 0 Å². The zero-order valence-electron chi connectivity index (χ0n) is 12.5. The third kappa shape index (κ3) is 3.75. The number of hydrogen-bond acceptors (Lipinski definition) is 3. The first-order chi connectivity index (χ1) is 10.5. The maximum atomic E-state index is 13.4. The molecule has 2 N–H and O–H groups in total. The molecule has 1 aromatic carbocycles. The van der Waals surface area contributed by atoms with Crippen molar-refractivity contribution in [1.82, 2.24) is 5.32 Å². The Morgan fingerprint density at radius 3 is 2.59 bits per heavy atom. The summed E-state index contributed by atoms with van der Waals surface area (Å²) in [4.78, 5) is 23.5. The maximum Gasteiger partial charge on any atom is 0.305 e. The smallest absolute Gasteiger partial charge is 0.305 e. The highest BCUT2D eigenvalue weighted by molar-refractivity contribution is 5.95. The van der Waals surface area contributed by atoms with Gasteiger partial charge in [0.25, 0.3) is 5.91 Å². The quantitative estimate of drug-likeness (QED) is 0.877. The van der Waals surface area contributed by atoms with Gasteiger partial charge in [0.05, 0.1) is 19.1 Å². The molecule has 22 heavy (non-hydrogen) atoms. The van der Waals surface area contributed by atoms with Crippen molar-refractivity contribution in [1.29, 1.82) is 0 Å². The molecule has 1 amide bonds. The number of nitrogens with one attached hydrogen (secondary N) is 1. The van der Waals surface area contributed by atoms with E-state index in [2.05, 4.69) is 5.32 Å². The standard InChI is InChI=1S/C16H20FNO4/c1-22-13-9-11(5-6-12(13)17)15(21)18-16(10-14(19)20)7-3-2-4-8-16/h5-6,9H,2-4,7-8,10H2,1H3,(H,18,21)(H,19,20). The Bertz CT molecular complexity index is 567. The highest BCUT2D eigenvalue weighted by Gasteiger charge is 2.36. The van der Waals surface area contributed by atoms with E-state index in [1.54, 1.807) is 0 Å². The Morgan fingerprint density at radius 2 is 2.00 bits per heavy atom. The minimum absolute atomic E-state index is 0.0106. The van der Waals surface area contributed by atoms with E-state index in [-0.39, 0.29) is 17.7 Å². The van der Waals surface area contributed by atoms with Crippen LogP contribution in [0, 0.1) is 5.82 Å². The third-order valence-corrected chi connectivity index (χ3v) is 4.09. The van der Waals surface area contributed by atoms with Crippen LogP contribution in [0.25, 0.3) is 0 Å². The molecule has 0 unspecified atom stereocenters. The van der Waals surface area contributed by atoms with Crippen LogP contribution in [0.2, 0.25) is 0 Å². The van der Waals surface area contributed by atoms with Crippen molar-refractivity contribution in [3.63, 3.8) is 0 Å². The Labute approximate surface area is 128 Å². The van der Waals surface area contributed by atoms with Crippen LogP contribution in [-0.2, 0) is 4.79 Å². The summed E-state index contributed by atoms with van der Waals surface area (Å²) in [5, 5.41) is 12.0. The lowest BCUT2D eigenvalue weighted by Gasteiger charge is -2.37. The average molecular weight is 309 g/mol. The number of carbonyl (C=O) groups is 2. The Balaban J connectivity index is 2.18. The van der Waals surface area contributed by atoms with Crippen molar-refractivity contribution in [2.75, 3.05) is 7.11 Å². The topological polar surface area (TPSA) is 75.6 Å². The van der Waals surface area contributed by atoms with Gasteiger partial charge in [0.2, 0.25) is 0 Å². The van der Waals surface area contributed by atoms with Crippen LogP contribution in [0.15, 0.2) is 18.2 Å². The highest BCUT2D eigenvalue weighted by atomic mass is 19.1. The number of methoxy groups -OCH3 is 1. The SMILES string of the molecule is COc1cc(C(=O)NC2(CC(=O)O)CCCCC2)ccc1F. The van der Waals surface area contributed by atoms with Crippen LogP contribution < -0.4 is 10.1 Å². The second-order valence-electron chi connectivity index (χ2n) is 5.71. The van der Waals surface area contributed by atoms with Crippen molar-refractivity contribution < 1.29 is 23.8 Å². The molecule has 0 bridgehead atoms. The molecule has 0 aliphatic heterocycles. The van der Waals surface area contributed by atoms with E-state index in [1.807, 2.05) is 0 Å². The van der Waals surface area contributed by atoms with Crippen LogP contribution in [0.5, 0.6) is 5.75 Å². The van der Waals surface area contributed by atoms with Crippen molar-refractivity contribution >= 4 is 11.9 Å². The summed E-state index contributed by atoms with van der Waals surface area (Å²) in [6, 6.07) is 3.85. The van der Waals surface area contributed by atoms with Crippen LogP contribution in [0.1, 0.15) is 48.9 Å². The zero-order valence-corrected chi connectivity index (χ0v) is 12.5. The van der Waals surface area contributed by atoms with Crippen LogP contribution in [-0.4, -0.2) is 29.6 Å². The number of hydrogen-bond donors (Lipinski definition) is 2. The Hall–Kier alpha value is -2.11. The molecule has 0 saturated heterocycles. The number of rotatable bonds is 5. The monoisotopic (exact) mass is 309 g/mol. The predicted molar refractivity (Wildman–Crippen MR) is 78.5 cm³/mol. The van der Waals surface area contributed by atoms with Gasteiger partial charge >= 0.3 is 5.97 Å². The van der Waals surface area contributed by atoms with Gasteiger partial charge in [0, 0.05) is 5.56 Å². The number of benzene rings is 1. The van der Waals surface area contributed by atoms with E-state index in [1.165, 1.54) is 25.3 Å². The van der Waals surface area contributed by atoms with Crippen molar-refractivity contribution in [2.24, 2.45) is 0 Å². The summed E-state index contributed by atoms with van der Waals surface area (Å²) in [5.74, 6) is -1.89. The number of ether oxygens (including phenoxy) is 1. The fourth-order valence-corrected chi connectivity index (χ4v) is 2.98. The number of halogens is 1. The van der Waals surface area contributed by atoms with Gasteiger partial charge in [-0.15, -0.1) is 0 Å². The molecule has 1 aliphatic rings. The van der Waals surface area contributed by atoms with Crippen molar-refractivity contribution in [3.05, 3.63) is 29.6 Å². The average Bonchev–Trinajstić information content (AvgIpc) is 2.47. The molecular weight excluding hydrogens is 289 g/mol. The largest absolute Gasteiger partial charge is 0.494 e. The van der Waals surface area contributed by atoms with Gasteiger partial charge in [-0.2, -0.15) is 0 Å². The van der Waals surface area contributed by atoms with Crippen molar-refractivity contribution in [3.8, 4) is 5.75 Å². The summed E-state index contributed by atoms with van der Waals surface area (Å²) in [5.41, 5.74) is -0.462. The second-order valence-corrected chi connectivity index (χ2v) is 5.71. The van der Waals surface area contributed by atoms with Crippen molar-refractivity contribution in [2.45, 2.75) is 44.1 Å². The summed E-state index contributed by atoms with van der Waals surface area (Å²) >= 11 is 0. The second kappa shape index (κ2) is 6.77. The van der Waals surface area contributed by atoms with Gasteiger partial charge in [-0.1, -0.05) is 19.3 Å². The van der Waals surface area contributed by atoms with Gasteiger partial charge in [-0.3, -0.25) is 9.59 Å². The molecule has 1 aliphatic carbocycles. The van der Waals surface area contributed by atoms with Gasteiger partial charge in [-0.05, 0) is 31.0 Å². The Morgan fingerprint density at radius 1 is 1.32 bits per heavy atom. The first-order valence-electron chi connectivity index (χ1n) is 7.34. The normalized spacial score (nSPS) is 16.8. The molecule has 5 nitrogen and oxygen atoms in total. The molecule has 0 atom stereocenters. The minimum atomic E-state index is -0.932. The van der Waals surface area contributed by atoms with Gasteiger partial charge < -0.3 is 15.2 Å². The molecule has 0 spiro atoms. The first-order valence-corrected chi connectivity index (χ1v) is 7.34. The number of carboxylic acids is 1. The summed E-state index contributed by atoms with van der Waals surface area (Å²) in [7, 11) is 1.33. The summed E-state index contributed by atoms with van der Waals surface area (Å²) in [6.45, 7) is 0. The van der Waals surface area contributed by atoms with Crippen LogP contribution in [0.3, 0.4) is 0 Å². The lowest BCUT2D eigenvalue weighted by Crippen LogP contribution is -2.51. The fraction of sp³-hybridized carbons (Fsp3) is 0.500. The maximum absolute atomic E-state index is 13.4. The molecule has 0 radical (unpaired) electrons. The number of carboxylic acid groups (broad SMARTS) is 1. The van der Waals surface area contributed by atoms with E-state index in [9.17, 15) is 14.0 Å². The van der Waals surface area contributed by atoms with E-state index in [0.29, 0.717) is 12.8 Å². The molecule has 0 aromatic heterocycles. The predicted octanol–water partition coefficient (Wildman–Crippen LogP) is 2.74. The van der Waals surface area contributed by atoms with E-state index < -0.39 is 23.2 Å². The molecule has 1 fully saturated rings. The molecule has 6 heteroatoms. The van der Waals surface area contributed by atoms with Crippen LogP contribution in [0.4, 0.5) is 4.39 Å². The Kier molecular flexibility index (Phi) is 5.00. The van der Waals surface area contributed by atoms with Crippen LogP contribution >= 0.6 is 0 Å². The highest BCUT2D eigenvalue weighted by Crippen LogP contribution is 2.31. The molecule has 120 valence electrons. The minimum Gasteiger partial charge on any atom is -0.494 e. The lowest BCUT2D eigenvalue weighted by molar-refractivity contribution is -0.139. The van der Waals surface area contributed by atoms with Gasteiger partial charge in [0.15, 0.2) is 11.6 Å². The summed E-state index contributed by atoms with van der Waals surface area (Å²) in [6.07, 6.45) is 4.01. The number of carbonyl (C=O) groups excluding carboxylic acids is 1. The number of amides is 1. The van der Waals surface area contributed by atoms with E-state index in [0.717, 1.165) is 19.3 Å². The lowest BCUT2D eigenvalue weighted by atomic mass is 9.79. The summed E-state index contributed by atoms with van der Waals surface area (Å²) < 4.78 is 18.3. The molecular formula is C16H20FNO4. The number of aliphatic carboxylic acids is 1. The molecule has 1 saturated carbocycles. The van der Waals surface area contributed by atoms with Gasteiger partial charge in [-0.25, -0.2) is 4.39 Å². The molecule has 1 aromatic rings. The van der Waals surface area contributed by atoms with E-state index in [4.69, 9.17) is 9.84 Å². The third-order valence-electron chi connectivity index (χ3n) is 4.09. The molecule has 0 heterocycles. The molecule has 2 rings (SSSR count). The van der Waals surface area contributed by atoms with Gasteiger partial charge in [0.1, 0.15) is 0 Å².